The summed E-state index contributed by atoms with van der Waals surface area (Å²) < 4.78 is 0. The van der Waals surface area contributed by atoms with Crippen molar-refractivity contribution in [1.29, 1.82) is 0 Å². The average molecular weight is 364 g/mol. The maximum absolute atomic E-state index is 12.7. The number of carbonyl (C=O) groups is 3. The first-order valence-electron chi connectivity index (χ1n) is 8.29. The number of hydrogen-bond acceptors (Lipinski definition) is 4. The summed E-state index contributed by atoms with van der Waals surface area (Å²) in [6, 6.07) is 13.2. The third-order valence-electron chi connectivity index (χ3n) is 4.59. The van der Waals surface area contributed by atoms with Crippen LogP contribution >= 0.6 is 11.3 Å². The minimum absolute atomic E-state index is 0.141. The van der Waals surface area contributed by atoms with Gasteiger partial charge in [-0.2, -0.15) is 0 Å². The molecule has 2 amide bonds. The van der Waals surface area contributed by atoms with Crippen molar-refractivity contribution in [3.63, 3.8) is 0 Å². The number of carbonyl (C=O) groups excluding carboxylic acids is 3. The predicted octanol–water partition coefficient (Wildman–Crippen LogP) is 3.31. The Morgan fingerprint density at radius 1 is 1.04 bits per heavy atom. The molecule has 1 heterocycles. The Kier molecular flexibility index (Phi) is 4.05. The maximum atomic E-state index is 12.7. The molecular weight excluding hydrogens is 348 g/mol. The zero-order chi connectivity index (χ0) is 18.3. The molecule has 0 bridgehead atoms. The number of rotatable bonds is 3. The van der Waals surface area contributed by atoms with Crippen LogP contribution in [0.4, 0.5) is 5.00 Å². The van der Waals surface area contributed by atoms with Gasteiger partial charge in [0, 0.05) is 23.3 Å². The van der Waals surface area contributed by atoms with E-state index in [-0.39, 0.29) is 11.7 Å². The highest BCUT2D eigenvalue weighted by Gasteiger charge is 2.27. The number of amides is 2. The molecule has 1 aliphatic rings. The summed E-state index contributed by atoms with van der Waals surface area (Å²) in [6.07, 6.45) is 1.20. The first kappa shape index (κ1) is 16.5. The van der Waals surface area contributed by atoms with E-state index >= 15 is 0 Å². The number of hydrogen-bond donors (Lipinski definition) is 2. The smallest absolute Gasteiger partial charge is 0.256 e. The Bertz CT molecular complexity index is 1070. The first-order valence-corrected chi connectivity index (χ1v) is 9.11. The van der Waals surface area contributed by atoms with Crippen LogP contribution in [0.3, 0.4) is 0 Å². The van der Waals surface area contributed by atoms with Crippen molar-refractivity contribution >= 4 is 44.7 Å². The van der Waals surface area contributed by atoms with Gasteiger partial charge < -0.3 is 11.1 Å². The summed E-state index contributed by atoms with van der Waals surface area (Å²) >= 11 is 1.27. The Labute approximate surface area is 153 Å². The summed E-state index contributed by atoms with van der Waals surface area (Å²) in [7, 11) is 0. The number of nitrogens with two attached hydrogens (primary N) is 1. The standard InChI is InChI=1S/C20H16N2O3S/c21-18(24)17-15-8-7-14(23)10-16(15)26-20(17)22-19(25)13-6-5-11-3-1-2-4-12(11)9-13/h1-6,9H,7-8,10H2,(H2,21,24)(H,22,25). The topological polar surface area (TPSA) is 89.3 Å². The van der Waals surface area contributed by atoms with Gasteiger partial charge in [0.25, 0.3) is 11.8 Å². The van der Waals surface area contributed by atoms with E-state index in [1.54, 1.807) is 6.07 Å². The number of primary amides is 1. The predicted molar refractivity (Wildman–Crippen MR) is 102 cm³/mol. The zero-order valence-corrected chi connectivity index (χ0v) is 14.7. The van der Waals surface area contributed by atoms with Crippen LogP contribution in [-0.2, 0) is 17.6 Å². The number of nitrogens with one attached hydrogen (secondary N) is 1. The van der Waals surface area contributed by atoms with Crippen LogP contribution in [0.15, 0.2) is 42.5 Å². The van der Waals surface area contributed by atoms with Crippen LogP contribution < -0.4 is 11.1 Å². The molecular formula is C20H16N2O3S. The Hall–Kier alpha value is -2.99. The van der Waals surface area contributed by atoms with Gasteiger partial charge in [-0.1, -0.05) is 30.3 Å². The van der Waals surface area contributed by atoms with Gasteiger partial charge in [0.2, 0.25) is 0 Å². The molecule has 4 rings (SSSR count). The van der Waals surface area contributed by atoms with Crippen molar-refractivity contribution in [2.24, 2.45) is 5.73 Å². The zero-order valence-electron chi connectivity index (χ0n) is 13.9. The van der Waals surface area contributed by atoms with Crippen molar-refractivity contribution in [1.82, 2.24) is 0 Å². The Morgan fingerprint density at radius 3 is 2.58 bits per heavy atom. The number of ketones is 1. The molecule has 5 nitrogen and oxygen atoms in total. The summed E-state index contributed by atoms with van der Waals surface area (Å²) in [5.41, 5.74) is 7.18. The SMILES string of the molecule is NC(=O)c1c(NC(=O)c2ccc3ccccc3c2)sc2c1CCC(=O)C2. The molecule has 130 valence electrons. The summed E-state index contributed by atoms with van der Waals surface area (Å²) in [6.45, 7) is 0. The van der Waals surface area contributed by atoms with Gasteiger partial charge in [-0.05, 0) is 34.9 Å². The highest BCUT2D eigenvalue weighted by atomic mass is 32.1. The number of fused-ring (bicyclic) bond motifs is 2. The van der Waals surface area contributed by atoms with Crippen LogP contribution in [0.25, 0.3) is 10.8 Å². The maximum Gasteiger partial charge on any atom is 0.256 e. The second-order valence-electron chi connectivity index (χ2n) is 6.30. The normalized spacial score (nSPS) is 13.5. The van der Waals surface area contributed by atoms with Gasteiger partial charge in [0.05, 0.1) is 5.56 Å². The molecule has 0 atom stereocenters. The lowest BCUT2D eigenvalue weighted by molar-refractivity contribution is -0.118. The lowest BCUT2D eigenvalue weighted by Crippen LogP contribution is -2.19. The van der Waals surface area contributed by atoms with E-state index < -0.39 is 5.91 Å². The minimum atomic E-state index is -0.578. The molecule has 0 radical (unpaired) electrons. The monoisotopic (exact) mass is 364 g/mol. The molecule has 0 saturated heterocycles. The van der Waals surface area contributed by atoms with Gasteiger partial charge in [0.15, 0.2) is 0 Å². The highest BCUT2D eigenvalue weighted by Crippen LogP contribution is 2.37. The van der Waals surface area contributed by atoms with Crippen molar-refractivity contribution in [2.75, 3.05) is 5.32 Å². The molecule has 0 fully saturated rings. The first-order chi connectivity index (χ1) is 12.5. The van der Waals surface area contributed by atoms with E-state index in [2.05, 4.69) is 5.32 Å². The van der Waals surface area contributed by atoms with Crippen molar-refractivity contribution in [2.45, 2.75) is 19.3 Å². The minimum Gasteiger partial charge on any atom is -0.365 e. The summed E-state index contributed by atoms with van der Waals surface area (Å²) in [5.74, 6) is -0.740. The fraction of sp³-hybridized carbons (Fsp3) is 0.150. The van der Waals surface area contributed by atoms with Crippen LogP contribution in [0, 0.1) is 0 Å². The Morgan fingerprint density at radius 2 is 1.81 bits per heavy atom. The van der Waals surface area contributed by atoms with Crippen molar-refractivity contribution in [3.05, 3.63) is 64.0 Å². The number of thiophene rings is 1. The number of Topliss-reactive ketones (excluding diaryl/α,β-unsaturated/α-hetero) is 1. The molecule has 3 N–H and O–H groups in total. The average Bonchev–Trinajstić information content (AvgIpc) is 2.98. The molecule has 6 heteroatoms. The fourth-order valence-corrected chi connectivity index (χ4v) is 4.58. The van der Waals surface area contributed by atoms with E-state index in [1.165, 1.54) is 11.3 Å². The molecule has 2 aromatic carbocycles. The van der Waals surface area contributed by atoms with E-state index in [1.807, 2.05) is 36.4 Å². The van der Waals surface area contributed by atoms with Gasteiger partial charge >= 0.3 is 0 Å². The molecule has 0 unspecified atom stereocenters. The van der Waals surface area contributed by atoms with Crippen molar-refractivity contribution < 1.29 is 14.4 Å². The highest BCUT2D eigenvalue weighted by molar-refractivity contribution is 7.17. The molecule has 3 aromatic rings. The van der Waals surface area contributed by atoms with Crippen LogP contribution in [0.1, 0.15) is 37.6 Å². The second-order valence-corrected chi connectivity index (χ2v) is 7.41. The fourth-order valence-electron chi connectivity index (χ4n) is 3.31. The Balaban J connectivity index is 1.68. The van der Waals surface area contributed by atoms with Gasteiger partial charge in [-0.15, -0.1) is 11.3 Å². The molecule has 1 aliphatic carbocycles. The molecule has 0 spiro atoms. The van der Waals surface area contributed by atoms with E-state index in [0.29, 0.717) is 35.4 Å². The lowest BCUT2D eigenvalue weighted by Gasteiger charge is -2.10. The van der Waals surface area contributed by atoms with Crippen LogP contribution in [-0.4, -0.2) is 17.6 Å². The van der Waals surface area contributed by atoms with E-state index in [9.17, 15) is 14.4 Å². The number of benzene rings is 2. The molecule has 1 aromatic heterocycles. The van der Waals surface area contributed by atoms with E-state index in [4.69, 9.17) is 5.73 Å². The van der Waals surface area contributed by atoms with Gasteiger partial charge in [-0.25, -0.2) is 0 Å². The van der Waals surface area contributed by atoms with Gasteiger partial charge in [-0.3, -0.25) is 14.4 Å². The summed E-state index contributed by atoms with van der Waals surface area (Å²) in [4.78, 5) is 37.1. The molecule has 0 saturated carbocycles. The number of anilines is 1. The summed E-state index contributed by atoms with van der Waals surface area (Å²) in [5, 5.41) is 5.25. The molecule has 26 heavy (non-hydrogen) atoms. The largest absolute Gasteiger partial charge is 0.365 e. The third kappa shape index (κ3) is 2.88. The van der Waals surface area contributed by atoms with Crippen LogP contribution in [0.2, 0.25) is 0 Å². The molecule has 0 aliphatic heterocycles. The quantitative estimate of drug-likeness (QED) is 0.747. The third-order valence-corrected chi connectivity index (χ3v) is 5.73. The van der Waals surface area contributed by atoms with E-state index in [0.717, 1.165) is 21.2 Å². The van der Waals surface area contributed by atoms with Crippen molar-refractivity contribution in [3.8, 4) is 0 Å². The van der Waals surface area contributed by atoms with Gasteiger partial charge in [0.1, 0.15) is 10.8 Å². The second kappa shape index (κ2) is 6.38. The lowest BCUT2D eigenvalue weighted by atomic mass is 9.94. The van der Waals surface area contributed by atoms with Crippen LogP contribution in [0.5, 0.6) is 0 Å².